The van der Waals surface area contributed by atoms with Gasteiger partial charge >= 0.3 is 11.8 Å². The Hall–Kier alpha value is -2.71. The second kappa shape index (κ2) is 7.03. The number of rotatable bonds is 3. The number of anilines is 1. The quantitative estimate of drug-likeness (QED) is 0.788. The van der Waals surface area contributed by atoms with Crippen LogP contribution in [0, 0.1) is 0 Å². The molecule has 1 aromatic carbocycles. The van der Waals surface area contributed by atoms with Gasteiger partial charge in [-0.1, -0.05) is 12.1 Å². The maximum atomic E-state index is 12.6. The van der Waals surface area contributed by atoms with Gasteiger partial charge in [-0.2, -0.15) is 0 Å². The van der Waals surface area contributed by atoms with Gasteiger partial charge in [0.25, 0.3) is 0 Å². The Bertz CT molecular complexity index is 889. The molecule has 2 N–H and O–H groups in total. The average molecular weight is 381 g/mol. The third-order valence-electron chi connectivity index (χ3n) is 5.86. The smallest absolute Gasteiger partial charge is 0.313 e. The fraction of sp³-hybridized carbons (Fsp3) is 0.450. The van der Waals surface area contributed by atoms with Gasteiger partial charge in [-0.05, 0) is 24.5 Å². The van der Waals surface area contributed by atoms with Crippen LogP contribution in [0.3, 0.4) is 0 Å². The SMILES string of the molecule is O=C(Nc1cccc2c1C1CCC2O1)C(=O)N1CCN(Cc2ncc[nH]2)CC1. The molecule has 3 aliphatic rings. The highest BCUT2D eigenvalue weighted by Crippen LogP contribution is 2.52. The number of benzene rings is 1. The van der Waals surface area contributed by atoms with E-state index >= 15 is 0 Å². The van der Waals surface area contributed by atoms with Crippen molar-refractivity contribution < 1.29 is 14.3 Å². The molecule has 146 valence electrons. The minimum absolute atomic E-state index is 0.0387. The summed E-state index contributed by atoms with van der Waals surface area (Å²) in [4.78, 5) is 36.4. The molecule has 2 atom stereocenters. The van der Waals surface area contributed by atoms with Crippen LogP contribution in [0.2, 0.25) is 0 Å². The Labute approximate surface area is 162 Å². The van der Waals surface area contributed by atoms with E-state index in [1.54, 1.807) is 17.3 Å². The lowest BCUT2D eigenvalue weighted by atomic mass is 9.90. The van der Waals surface area contributed by atoms with E-state index in [2.05, 4.69) is 26.3 Å². The van der Waals surface area contributed by atoms with Crippen LogP contribution in [0.4, 0.5) is 5.69 Å². The van der Waals surface area contributed by atoms with Gasteiger partial charge < -0.3 is 19.9 Å². The molecule has 8 nitrogen and oxygen atoms in total. The summed E-state index contributed by atoms with van der Waals surface area (Å²) in [5.41, 5.74) is 2.90. The second-order valence-electron chi connectivity index (χ2n) is 7.56. The van der Waals surface area contributed by atoms with Crippen LogP contribution in [0.15, 0.2) is 30.6 Å². The lowest BCUT2D eigenvalue weighted by molar-refractivity contribution is -0.144. The standard InChI is InChI=1S/C20H23N5O3/c26-19(23-14-3-1-2-13-15-4-5-16(28-15)18(13)14)20(27)25-10-8-24(9-11-25)12-17-21-6-7-22-17/h1-3,6-7,15-16H,4-5,8-12H2,(H,21,22)(H,23,26). The van der Waals surface area contributed by atoms with Crippen molar-refractivity contribution in [2.45, 2.75) is 31.6 Å². The Balaban J connectivity index is 1.20. The zero-order valence-electron chi connectivity index (χ0n) is 15.6. The maximum absolute atomic E-state index is 12.6. The molecule has 4 heterocycles. The van der Waals surface area contributed by atoms with Gasteiger partial charge in [0.05, 0.1) is 18.8 Å². The van der Waals surface area contributed by atoms with Crippen molar-refractivity contribution in [2.24, 2.45) is 0 Å². The van der Waals surface area contributed by atoms with E-state index in [0.29, 0.717) is 18.8 Å². The van der Waals surface area contributed by atoms with E-state index in [-0.39, 0.29) is 12.2 Å². The number of ether oxygens (including phenoxy) is 1. The van der Waals surface area contributed by atoms with E-state index in [0.717, 1.165) is 49.4 Å². The number of piperazine rings is 1. The van der Waals surface area contributed by atoms with Crippen LogP contribution < -0.4 is 5.32 Å². The zero-order chi connectivity index (χ0) is 19.1. The number of nitrogens with one attached hydrogen (secondary N) is 2. The molecule has 0 saturated carbocycles. The van der Waals surface area contributed by atoms with Gasteiger partial charge in [0.15, 0.2) is 0 Å². The lowest BCUT2D eigenvalue weighted by Gasteiger charge is -2.33. The van der Waals surface area contributed by atoms with E-state index in [1.807, 2.05) is 12.1 Å². The third-order valence-corrected chi connectivity index (χ3v) is 5.86. The summed E-state index contributed by atoms with van der Waals surface area (Å²) in [5.74, 6) is -0.137. The second-order valence-corrected chi connectivity index (χ2v) is 7.56. The highest BCUT2D eigenvalue weighted by molar-refractivity contribution is 6.39. The molecule has 2 bridgehead atoms. The highest BCUT2D eigenvalue weighted by Gasteiger charge is 2.40. The van der Waals surface area contributed by atoms with Crippen molar-refractivity contribution in [2.75, 3.05) is 31.5 Å². The van der Waals surface area contributed by atoms with Crippen molar-refractivity contribution in [1.82, 2.24) is 19.8 Å². The van der Waals surface area contributed by atoms with E-state index in [1.165, 1.54) is 0 Å². The Kier molecular flexibility index (Phi) is 4.37. The number of hydrogen-bond acceptors (Lipinski definition) is 5. The molecule has 28 heavy (non-hydrogen) atoms. The molecule has 3 aliphatic heterocycles. The van der Waals surface area contributed by atoms with Gasteiger partial charge in [-0.3, -0.25) is 14.5 Å². The molecule has 2 amide bonds. The normalized spacial score (nSPS) is 23.6. The summed E-state index contributed by atoms with van der Waals surface area (Å²) < 4.78 is 5.94. The Morgan fingerprint density at radius 3 is 2.79 bits per heavy atom. The largest absolute Gasteiger partial charge is 0.366 e. The summed E-state index contributed by atoms with van der Waals surface area (Å²) >= 11 is 0. The van der Waals surface area contributed by atoms with E-state index in [9.17, 15) is 9.59 Å². The lowest BCUT2D eigenvalue weighted by Crippen LogP contribution is -2.51. The molecule has 0 aliphatic carbocycles. The summed E-state index contributed by atoms with van der Waals surface area (Å²) in [6.07, 6.45) is 5.70. The van der Waals surface area contributed by atoms with Gasteiger partial charge in [-0.25, -0.2) is 4.98 Å². The first-order valence-electron chi connectivity index (χ1n) is 9.78. The molecular weight excluding hydrogens is 358 g/mol. The van der Waals surface area contributed by atoms with Gasteiger partial charge in [0, 0.05) is 49.8 Å². The maximum Gasteiger partial charge on any atom is 0.313 e. The molecule has 2 unspecified atom stereocenters. The number of hydrogen-bond donors (Lipinski definition) is 2. The number of aromatic nitrogens is 2. The van der Waals surface area contributed by atoms with Crippen LogP contribution in [-0.2, 0) is 20.9 Å². The van der Waals surface area contributed by atoms with Crippen molar-refractivity contribution in [3.05, 3.63) is 47.5 Å². The fourth-order valence-corrected chi connectivity index (χ4v) is 4.44. The number of carbonyl (C=O) groups excluding carboxylic acids is 2. The molecule has 0 radical (unpaired) electrons. The predicted molar refractivity (Wildman–Crippen MR) is 101 cm³/mol. The molecule has 0 spiro atoms. The number of carbonyl (C=O) groups is 2. The minimum Gasteiger partial charge on any atom is -0.366 e. The molecular formula is C20H23N5O3. The van der Waals surface area contributed by atoms with E-state index < -0.39 is 11.8 Å². The zero-order valence-corrected chi connectivity index (χ0v) is 15.6. The van der Waals surface area contributed by atoms with Crippen molar-refractivity contribution in [3.8, 4) is 0 Å². The molecule has 8 heteroatoms. The van der Waals surface area contributed by atoms with E-state index in [4.69, 9.17) is 4.74 Å². The number of nitrogens with zero attached hydrogens (tertiary/aromatic N) is 3. The van der Waals surface area contributed by atoms with Crippen molar-refractivity contribution in [1.29, 1.82) is 0 Å². The summed E-state index contributed by atoms with van der Waals surface area (Å²) in [6, 6.07) is 5.82. The monoisotopic (exact) mass is 381 g/mol. The van der Waals surface area contributed by atoms with Gasteiger partial charge in [0.2, 0.25) is 0 Å². The molecule has 2 fully saturated rings. The average Bonchev–Trinajstić information content (AvgIpc) is 3.46. The van der Waals surface area contributed by atoms with Crippen LogP contribution >= 0.6 is 0 Å². The molecule has 2 saturated heterocycles. The summed E-state index contributed by atoms with van der Waals surface area (Å²) in [7, 11) is 0. The number of imidazole rings is 1. The summed E-state index contributed by atoms with van der Waals surface area (Å²) in [6.45, 7) is 3.23. The van der Waals surface area contributed by atoms with Crippen LogP contribution in [0.1, 0.15) is 42.0 Å². The topological polar surface area (TPSA) is 90.6 Å². The Morgan fingerprint density at radius 1 is 1.18 bits per heavy atom. The molecule has 1 aromatic heterocycles. The van der Waals surface area contributed by atoms with Crippen LogP contribution in [0.25, 0.3) is 0 Å². The van der Waals surface area contributed by atoms with Crippen LogP contribution in [0.5, 0.6) is 0 Å². The number of amides is 2. The third kappa shape index (κ3) is 3.08. The highest BCUT2D eigenvalue weighted by atomic mass is 16.5. The first-order valence-corrected chi connectivity index (χ1v) is 9.78. The first kappa shape index (κ1) is 17.4. The van der Waals surface area contributed by atoms with Gasteiger partial charge in [-0.15, -0.1) is 0 Å². The fourth-order valence-electron chi connectivity index (χ4n) is 4.44. The number of fused-ring (bicyclic) bond motifs is 5. The summed E-state index contributed by atoms with van der Waals surface area (Å²) in [5, 5.41) is 2.83. The number of H-pyrrole nitrogens is 1. The van der Waals surface area contributed by atoms with Crippen molar-refractivity contribution >= 4 is 17.5 Å². The van der Waals surface area contributed by atoms with Crippen molar-refractivity contribution in [3.63, 3.8) is 0 Å². The predicted octanol–water partition coefficient (Wildman–Crippen LogP) is 1.60. The van der Waals surface area contributed by atoms with Crippen LogP contribution in [-0.4, -0.2) is 57.8 Å². The Morgan fingerprint density at radius 2 is 2.00 bits per heavy atom. The molecule has 2 aromatic rings. The first-order chi connectivity index (χ1) is 13.7. The van der Waals surface area contributed by atoms with Gasteiger partial charge in [0.1, 0.15) is 5.82 Å². The molecule has 5 rings (SSSR count). The minimum atomic E-state index is -0.573. The number of aromatic amines is 1.